The molecule has 0 saturated heterocycles. The molecule has 1 aliphatic rings. The molecule has 26 heavy (non-hydrogen) atoms. The first-order valence-electron chi connectivity index (χ1n) is 8.79. The minimum absolute atomic E-state index is 1.09. The van der Waals surface area contributed by atoms with Gasteiger partial charge in [0.2, 0.25) is 0 Å². The molecule has 0 unspecified atom stereocenters. The molecule has 0 saturated carbocycles. The van der Waals surface area contributed by atoms with Crippen molar-refractivity contribution >= 4 is 22.7 Å². The Morgan fingerprint density at radius 3 is 0.885 bits per heavy atom. The highest BCUT2D eigenvalue weighted by molar-refractivity contribution is 5.78. The molecule has 2 N–H and O–H groups in total. The van der Waals surface area contributed by atoms with Crippen LogP contribution in [0.25, 0.3) is 22.3 Å². The number of hydrogen-bond donors (Lipinski definition) is 2. The first-order valence-corrected chi connectivity index (χ1v) is 8.79. The topological polar surface area (TPSA) is 24.1 Å². The van der Waals surface area contributed by atoms with Crippen LogP contribution in [0.2, 0.25) is 0 Å². The lowest BCUT2D eigenvalue weighted by Gasteiger charge is -2.14. The van der Waals surface area contributed by atoms with Gasteiger partial charge < -0.3 is 10.6 Å². The van der Waals surface area contributed by atoms with E-state index in [4.69, 9.17) is 0 Å². The van der Waals surface area contributed by atoms with Gasteiger partial charge in [-0.3, -0.25) is 0 Å². The monoisotopic (exact) mass is 334 g/mol. The highest BCUT2D eigenvalue weighted by Gasteiger charge is 2.06. The molecular formula is C24H18N2. The largest absolute Gasteiger partial charge is 0.355 e. The van der Waals surface area contributed by atoms with E-state index >= 15 is 0 Å². The molecule has 5 rings (SSSR count). The van der Waals surface area contributed by atoms with Gasteiger partial charge in [-0.05, 0) is 70.8 Å². The summed E-state index contributed by atoms with van der Waals surface area (Å²) in [6, 6.07) is 34.1. The van der Waals surface area contributed by atoms with Crippen LogP contribution in [0.15, 0.2) is 97.1 Å². The van der Waals surface area contributed by atoms with E-state index in [0.29, 0.717) is 0 Å². The van der Waals surface area contributed by atoms with Gasteiger partial charge in [0.1, 0.15) is 0 Å². The average Bonchev–Trinajstić information content (AvgIpc) is 2.68. The molecule has 0 aromatic heterocycles. The van der Waals surface area contributed by atoms with Gasteiger partial charge in [-0.15, -0.1) is 0 Å². The molecule has 2 heteroatoms. The number of nitrogens with one attached hydrogen (secondary N) is 2. The Labute approximate surface area is 153 Å². The second-order valence-corrected chi connectivity index (χ2v) is 6.57. The lowest BCUT2D eigenvalue weighted by Crippen LogP contribution is -1.94. The molecule has 8 bridgehead atoms. The van der Waals surface area contributed by atoms with E-state index in [1.165, 1.54) is 22.3 Å². The number of benzene rings is 4. The maximum absolute atomic E-state index is 3.54. The molecule has 0 atom stereocenters. The van der Waals surface area contributed by atoms with Crippen LogP contribution in [0.5, 0.6) is 0 Å². The lowest BCUT2D eigenvalue weighted by molar-refractivity contribution is 1.50. The minimum atomic E-state index is 1.09. The van der Waals surface area contributed by atoms with Crippen molar-refractivity contribution in [2.45, 2.75) is 0 Å². The highest BCUT2D eigenvalue weighted by atomic mass is 14.9. The maximum Gasteiger partial charge on any atom is 0.0390 e. The number of hydrogen-bond acceptors (Lipinski definition) is 2. The Hall–Kier alpha value is -3.52. The third-order valence-electron chi connectivity index (χ3n) is 4.69. The summed E-state index contributed by atoms with van der Waals surface area (Å²) in [7, 11) is 0. The zero-order valence-electron chi connectivity index (χ0n) is 14.2. The number of rotatable bonds is 0. The number of anilines is 4. The zero-order valence-corrected chi connectivity index (χ0v) is 14.2. The van der Waals surface area contributed by atoms with E-state index in [0.717, 1.165) is 22.7 Å². The molecule has 124 valence electrons. The molecule has 0 fully saturated rings. The molecule has 0 spiro atoms. The molecule has 0 amide bonds. The summed E-state index contributed by atoms with van der Waals surface area (Å²) >= 11 is 0. The molecular weight excluding hydrogens is 316 g/mol. The van der Waals surface area contributed by atoms with E-state index in [1.54, 1.807) is 0 Å². The van der Waals surface area contributed by atoms with E-state index in [1.807, 2.05) is 0 Å². The predicted octanol–water partition coefficient (Wildman–Crippen LogP) is 6.82. The first kappa shape index (κ1) is 14.8. The van der Waals surface area contributed by atoms with Crippen molar-refractivity contribution < 1.29 is 0 Å². The maximum atomic E-state index is 3.54. The summed E-state index contributed by atoms with van der Waals surface area (Å²) < 4.78 is 0. The van der Waals surface area contributed by atoms with E-state index in [-0.39, 0.29) is 0 Å². The fraction of sp³-hybridized carbons (Fsp3) is 0. The van der Waals surface area contributed by atoms with Gasteiger partial charge in [0.25, 0.3) is 0 Å². The van der Waals surface area contributed by atoms with Crippen molar-refractivity contribution in [3.63, 3.8) is 0 Å². The molecule has 0 radical (unpaired) electrons. The first-order chi connectivity index (χ1) is 12.8. The van der Waals surface area contributed by atoms with Crippen LogP contribution >= 0.6 is 0 Å². The van der Waals surface area contributed by atoms with Crippen LogP contribution in [-0.4, -0.2) is 0 Å². The van der Waals surface area contributed by atoms with Gasteiger partial charge >= 0.3 is 0 Å². The number of fused-ring (bicyclic) bond motifs is 10. The van der Waals surface area contributed by atoms with Crippen LogP contribution in [0.4, 0.5) is 22.7 Å². The highest BCUT2D eigenvalue weighted by Crippen LogP contribution is 2.31. The van der Waals surface area contributed by atoms with E-state index in [9.17, 15) is 0 Å². The van der Waals surface area contributed by atoms with Gasteiger partial charge in [0, 0.05) is 22.7 Å². The van der Waals surface area contributed by atoms with Gasteiger partial charge in [-0.25, -0.2) is 0 Å². The molecule has 2 nitrogen and oxygen atoms in total. The standard InChI is InChI=1S/C24H18N2/c1-5-17-13-21(9-1)25-22-10-3-7-19(15-22)20-8-4-12-24(16-20)26-23-11-2-6-18(17)14-23/h1-16,25-26H. The molecule has 1 heterocycles. The predicted molar refractivity (Wildman–Crippen MR) is 110 cm³/mol. The van der Waals surface area contributed by atoms with E-state index < -0.39 is 0 Å². The third kappa shape index (κ3) is 2.82. The van der Waals surface area contributed by atoms with Gasteiger partial charge in [-0.1, -0.05) is 48.5 Å². The molecule has 0 aliphatic carbocycles. The molecule has 4 aromatic carbocycles. The van der Waals surface area contributed by atoms with Gasteiger partial charge in [0.15, 0.2) is 0 Å². The van der Waals surface area contributed by atoms with Crippen LogP contribution < -0.4 is 10.6 Å². The Morgan fingerprint density at radius 1 is 0.346 bits per heavy atom. The van der Waals surface area contributed by atoms with Crippen molar-refractivity contribution in [1.29, 1.82) is 0 Å². The summed E-state index contributed by atoms with van der Waals surface area (Å²) in [5.74, 6) is 0. The summed E-state index contributed by atoms with van der Waals surface area (Å²) in [6.07, 6.45) is 0. The van der Waals surface area contributed by atoms with Crippen LogP contribution in [-0.2, 0) is 0 Å². The smallest absolute Gasteiger partial charge is 0.0390 e. The molecule has 1 aliphatic heterocycles. The normalized spacial score (nSPS) is 11.7. The fourth-order valence-corrected chi connectivity index (χ4v) is 3.44. The SMILES string of the molecule is c1cc2cc(c1)-c1cccc(c1)Nc1cccc(c1)-c1cccc(c1)N2. The van der Waals surface area contributed by atoms with Crippen LogP contribution in [0, 0.1) is 0 Å². The Kier molecular flexibility index (Phi) is 3.46. The second kappa shape index (κ2) is 6.08. The Bertz CT molecular complexity index is 922. The van der Waals surface area contributed by atoms with Crippen molar-refractivity contribution in [2.24, 2.45) is 0 Å². The van der Waals surface area contributed by atoms with Gasteiger partial charge in [-0.2, -0.15) is 0 Å². The fourth-order valence-electron chi connectivity index (χ4n) is 3.44. The summed E-state index contributed by atoms with van der Waals surface area (Å²) in [5, 5.41) is 7.08. The second-order valence-electron chi connectivity index (χ2n) is 6.57. The van der Waals surface area contributed by atoms with Crippen molar-refractivity contribution in [3.05, 3.63) is 97.1 Å². The van der Waals surface area contributed by atoms with Crippen LogP contribution in [0.3, 0.4) is 0 Å². The third-order valence-corrected chi connectivity index (χ3v) is 4.69. The summed E-state index contributed by atoms with van der Waals surface area (Å²) in [6.45, 7) is 0. The zero-order chi connectivity index (χ0) is 17.3. The van der Waals surface area contributed by atoms with Crippen LogP contribution in [0.1, 0.15) is 0 Å². The van der Waals surface area contributed by atoms with E-state index in [2.05, 4.69) is 108 Å². The quantitative estimate of drug-likeness (QED) is 0.324. The van der Waals surface area contributed by atoms with Crippen molar-refractivity contribution in [3.8, 4) is 22.3 Å². The minimum Gasteiger partial charge on any atom is -0.355 e. The van der Waals surface area contributed by atoms with Crippen molar-refractivity contribution in [2.75, 3.05) is 10.6 Å². The Morgan fingerprint density at radius 2 is 0.615 bits per heavy atom. The molecule has 4 aromatic rings. The summed E-state index contributed by atoms with van der Waals surface area (Å²) in [4.78, 5) is 0. The summed E-state index contributed by atoms with van der Waals surface area (Å²) in [5.41, 5.74) is 9.13. The Balaban J connectivity index is 1.73. The average molecular weight is 334 g/mol. The lowest BCUT2D eigenvalue weighted by atomic mass is 10.0. The van der Waals surface area contributed by atoms with Gasteiger partial charge in [0.05, 0.1) is 0 Å². The van der Waals surface area contributed by atoms with Crippen molar-refractivity contribution in [1.82, 2.24) is 0 Å².